The number of carbonyl (C=O) groups excluding carboxylic acids is 1. The first-order valence-electron chi connectivity index (χ1n) is 8.38. The SMILES string of the molecule is CC(NC(=O)c1cc(S(=O)(=O)N(C)C(C)C)ccc1Cl)c1ccccc1Cl. The average Bonchev–Trinajstić information content (AvgIpc) is 2.61. The van der Waals surface area contributed by atoms with E-state index in [-0.39, 0.29) is 27.6 Å². The van der Waals surface area contributed by atoms with Crippen molar-refractivity contribution in [2.24, 2.45) is 0 Å². The Morgan fingerprint density at radius 1 is 1.04 bits per heavy atom. The molecule has 0 radical (unpaired) electrons. The Morgan fingerprint density at radius 3 is 2.26 bits per heavy atom. The molecule has 0 aliphatic rings. The molecule has 1 N–H and O–H groups in total. The quantitative estimate of drug-likeness (QED) is 0.735. The van der Waals surface area contributed by atoms with E-state index in [4.69, 9.17) is 23.2 Å². The van der Waals surface area contributed by atoms with Gasteiger partial charge in [0.15, 0.2) is 0 Å². The summed E-state index contributed by atoms with van der Waals surface area (Å²) in [6.07, 6.45) is 0. The zero-order valence-corrected chi connectivity index (χ0v) is 17.9. The van der Waals surface area contributed by atoms with E-state index in [1.165, 1.54) is 29.6 Å². The van der Waals surface area contributed by atoms with Crippen LogP contribution in [0.4, 0.5) is 0 Å². The number of benzene rings is 2. The molecule has 0 saturated heterocycles. The molecular weight excluding hydrogens is 407 g/mol. The summed E-state index contributed by atoms with van der Waals surface area (Å²) in [5, 5.41) is 3.51. The molecule has 0 aromatic heterocycles. The first-order chi connectivity index (χ1) is 12.6. The Hall–Kier alpha value is -1.60. The molecule has 8 heteroatoms. The first-order valence-corrected chi connectivity index (χ1v) is 10.6. The van der Waals surface area contributed by atoms with Crippen LogP contribution in [0.15, 0.2) is 47.4 Å². The number of amides is 1. The van der Waals surface area contributed by atoms with Gasteiger partial charge in [0.1, 0.15) is 0 Å². The fraction of sp³-hybridized carbons (Fsp3) is 0.316. The molecule has 0 heterocycles. The van der Waals surface area contributed by atoms with Crippen LogP contribution < -0.4 is 5.32 Å². The van der Waals surface area contributed by atoms with E-state index in [9.17, 15) is 13.2 Å². The summed E-state index contributed by atoms with van der Waals surface area (Å²) in [5.41, 5.74) is 0.848. The van der Waals surface area contributed by atoms with Crippen molar-refractivity contribution in [2.45, 2.75) is 37.8 Å². The van der Waals surface area contributed by atoms with E-state index in [0.717, 1.165) is 5.56 Å². The van der Waals surface area contributed by atoms with Gasteiger partial charge in [0.25, 0.3) is 5.91 Å². The van der Waals surface area contributed by atoms with Crippen molar-refractivity contribution in [1.82, 2.24) is 9.62 Å². The van der Waals surface area contributed by atoms with Crippen LogP contribution in [0.3, 0.4) is 0 Å². The van der Waals surface area contributed by atoms with Crippen molar-refractivity contribution in [3.63, 3.8) is 0 Å². The third kappa shape index (κ3) is 4.82. The topological polar surface area (TPSA) is 66.5 Å². The minimum absolute atomic E-state index is 0.0126. The van der Waals surface area contributed by atoms with Gasteiger partial charge in [-0.15, -0.1) is 0 Å². The highest BCUT2D eigenvalue weighted by Gasteiger charge is 2.25. The maximum Gasteiger partial charge on any atom is 0.253 e. The van der Waals surface area contributed by atoms with Gasteiger partial charge in [-0.05, 0) is 50.6 Å². The zero-order chi connectivity index (χ0) is 20.4. The molecule has 27 heavy (non-hydrogen) atoms. The standard InChI is InChI=1S/C19H22Cl2N2O3S/c1-12(2)23(4)27(25,26)14-9-10-18(21)16(11-14)19(24)22-13(3)15-7-5-6-8-17(15)20/h5-13H,1-4H3,(H,22,24). The molecule has 0 aliphatic heterocycles. The second kappa shape index (κ2) is 8.61. The minimum atomic E-state index is -3.72. The molecule has 0 saturated carbocycles. The van der Waals surface area contributed by atoms with E-state index >= 15 is 0 Å². The molecule has 0 fully saturated rings. The summed E-state index contributed by atoms with van der Waals surface area (Å²) in [6, 6.07) is 10.7. The maximum atomic E-state index is 12.7. The molecule has 2 aromatic carbocycles. The lowest BCUT2D eigenvalue weighted by Gasteiger charge is -2.21. The van der Waals surface area contributed by atoms with Gasteiger partial charge in [-0.2, -0.15) is 4.31 Å². The second-order valence-electron chi connectivity index (χ2n) is 6.47. The predicted molar refractivity (Wildman–Crippen MR) is 109 cm³/mol. The van der Waals surface area contributed by atoms with E-state index in [2.05, 4.69) is 5.32 Å². The van der Waals surface area contributed by atoms with Crippen LogP contribution in [-0.4, -0.2) is 31.7 Å². The Bertz CT molecular complexity index is 946. The van der Waals surface area contributed by atoms with E-state index < -0.39 is 15.9 Å². The molecule has 1 unspecified atom stereocenters. The van der Waals surface area contributed by atoms with Gasteiger partial charge in [-0.25, -0.2) is 8.42 Å². The van der Waals surface area contributed by atoms with Gasteiger partial charge >= 0.3 is 0 Å². The lowest BCUT2D eigenvalue weighted by atomic mass is 10.1. The number of sulfonamides is 1. The molecule has 0 aliphatic carbocycles. The largest absolute Gasteiger partial charge is 0.345 e. The first kappa shape index (κ1) is 21.7. The molecule has 0 spiro atoms. The highest BCUT2D eigenvalue weighted by atomic mass is 35.5. The number of halogens is 2. The maximum absolute atomic E-state index is 12.7. The van der Waals surface area contributed by atoms with Crippen molar-refractivity contribution < 1.29 is 13.2 Å². The summed E-state index contributed by atoms with van der Waals surface area (Å²) >= 11 is 12.3. The molecular formula is C19H22Cl2N2O3S. The number of carbonyl (C=O) groups is 1. The number of hydrogen-bond acceptors (Lipinski definition) is 3. The molecule has 2 aromatic rings. The zero-order valence-electron chi connectivity index (χ0n) is 15.5. The number of nitrogens with zero attached hydrogens (tertiary/aromatic N) is 1. The normalized spacial score (nSPS) is 13.0. The van der Waals surface area contributed by atoms with Crippen LogP contribution in [0.2, 0.25) is 10.0 Å². The summed E-state index contributed by atoms with van der Waals surface area (Å²) in [5.74, 6) is -0.475. The van der Waals surface area contributed by atoms with Gasteiger partial charge in [-0.3, -0.25) is 4.79 Å². The van der Waals surface area contributed by atoms with Crippen molar-refractivity contribution in [1.29, 1.82) is 0 Å². The highest BCUT2D eigenvalue weighted by Crippen LogP contribution is 2.26. The van der Waals surface area contributed by atoms with Crippen molar-refractivity contribution in [3.8, 4) is 0 Å². The van der Waals surface area contributed by atoms with Gasteiger partial charge < -0.3 is 5.32 Å². The van der Waals surface area contributed by atoms with Crippen LogP contribution >= 0.6 is 23.2 Å². The summed E-state index contributed by atoms with van der Waals surface area (Å²) in [7, 11) is -2.23. The molecule has 1 amide bonds. The monoisotopic (exact) mass is 428 g/mol. The second-order valence-corrected chi connectivity index (χ2v) is 9.29. The van der Waals surface area contributed by atoms with E-state index in [1.54, 1.807) is 32.9 Å². The average molecular weight is 429 g/mol. The van der Waals surface area contributed by atoms with Gasteiger partial charge in [-0.1, -0.05) is 41.4 Å². The van der Waals surface area contributed by atoms with Crippen LogP contribution in [0.25, 0.3) is 0 Å². The van der Waals surface area contributed by atoms with Crippen LogP contribution in [0.5, 0.6) is 0 Å². The molecule has 5 nitrogen and oxygen atoms in total. The van der Waals surface area contributed by atoms with Crippen molar-refractivity contribution >= 4 is 39.1 Å². The third-order valence-electron chi connectivity index (χ3n) is 4.31. The van der Waals surface area contributed by atoms with Crippen molar-refractivity contribution in [3.05, 3.63) is 63.6 Å². The summed E-state index contributed by atoms with van der Waals surface area (Å²) < 4.78 is 26.6. The fourth-order valence-corrected chi connectivity index (χ4v) is 4.36. The van der Waals surface area contributed by atoms with Crippen molar-refractivity contribution in [2.75, 3.05) is 7.05 Å². The summed E-state index contributed by atoms with van der Waals surface area (Å²) in [4.78, 5) is 12.7. The molecule has 2 rings (SSSR count). The number of hydrogen-bond donors (Lipinski definition) is 1. The molecule has 146 valence electrons. The van der Waals surface area contributed by atoms with Gasteiger partial charge in [0.2, 0.25) is 10.0 Å². The Labute approximate surface area is 170 Å². The fourth-order valence-electron chi connectivity index (χ4n) is 2.46. The van der Waals surface area contributed by atoms with Crippen LogP contribution in [0.1, 0.15) is 42.7 Å². The number of nitrogens with one attached hydrogen (secondary N) is 1. The van der Waals surface area contributed by atoms with E-state index in [0.29, 0.717) is 5.02 Å². The smallest absolute Gasteiger partial charge is 0.253 e. The molecule has 0 bridgehead atoms. The Morgan fingerprint density at radius 2 is 1.67 bits per heavy atom. The number of rotatable bonds is 6. The Balaban J connectivity index is 2.33. The Kier molecular flexibility index (Phi) is 6.92. The lowest BCUT2D eigenvalue weighted by molar-refractivity contribution is 0.0940. The highest BCUT2D eigenvalue weighted by molar-refractivity contribution is 7.89. The minimum Gasteiger partial charge on any atom is -0.345 e. The molecule has 1 atom stereocenters. The summed E-state index contributed by atoms with van der Waals surface area (Å²) in [6.45, 7) is 5.33. The van der Waals surface area contributed by atoms with Crippen LogP contribution in [0, 0.1) is 0 Å². The van der Waals surface area contributed by atoms with Crippen LogP contribution in [-0.2, 0) is 10.0 Å². The predicted octanol–water partition coefficient (Wildman–Crippen LogP) is 4.51. The van der Waals surface area contributed by atoms with Gasteiger partial charge in [0, 0.05) is 18.1 Å². The van der Waals surface area contributed by atoms with E-state index in [1.807, 2.05) is 12.1 Å². The lowest BCUT2D eigenvalue weighted by Crippen LogP contribution is -2.33. The third-order valence-corrected chi connectivity index (χ3v) is 7.01. The van der Waals surface area contributed by atoms with Gasteiger partial charge in [0.05, 0.1) is 21.5 Å².